The zero-order chi connectivity index (χ0) is 18.5. The SMILES string of the molecule is C[C@@H](OC(=O)/C=C/c1ccc(C#N)cc1)C(=O)N1CCc2ccccc21. The Morgan fingerprint density at radius 3 is 2.65 bits per heavy atom. The van der Waals surface area contributed by atoms with Gasteiger partial charge in [-0.2, -0.15) is 5.26 Å². The second kappa shape index (κ2) is 7.66. The molecule has 0 radical (unpaired) electrons. The van der Waals surface area contributed by atoms with E-state index in [2.05, 4.69) is 0 Å². The third-order valence-corrected chi connectivity index (χ3v) is 4.25. The van der Waals surface area contributed by atoms with Gasteiger partial charge in [-0.15, -0.1) is 0 Å². The van der Waals surface area contributed by atoms with Gasteiger partial charge in [0.25, 0.3) is 5.91 Å². The van der Waals surface area contributed by atoms with Crippen LogP contribution in [0.4, 0.5) is 5.69 Å². The van der Waals surface area contributed by atoms with Crippen molar-refractivity contribution in [2.75, 3.05) is 11.4 Å². The van der Waals surface area contributed by atoms with Gasteiger partial charge < -0.3 is 9.64 Å². The lowest BCUT2D eigenvalue weighted by Gasteiger charge is -2.21. The number of hydrogen-bond donors (Lipinski definition) is 0. The van der Waals surface area contributed by atoms with Gasteiger partial charge in [-0.3, -0.25) is 4.79 Å². The van der Waals surface area contributed by atoms with Gasteiger partial charge in [0.2, 0.25) is 0 Å². The summed E-state index contributed by atoms with van der Waals surface area (Å²) >= 11 is 0. The van der Waals surface area contributed by atoms with Crippen molar-refractivity contribution in [3.8, 4) is 6.07 Å². The molecule has 3 rings (SSSR count). The van der Waals surface area contributed by atoms with Gasteiger partial charge in [0.1, 0.15) is 0 Å². The average Bonchev–Trinajstić information content (AvgIpc) is 3.10. The van der Waals surface area contributed by atoms with Crippen molar-refractivity contribution >= 4 is 23.6 Å². The van der Waals surface area contributed by atoms with E-state index >= 15 is 0 Å². The summed E-state index contributed by atoms with van der Waals surface area (Å²) in [4.78, 5) is 26.2. The fraction of sp³-hybridized carbons (Fsp3) is 0.190. The Labute approximate surface area is 152 Å². The molecule has 1 aliphatic rings. The number of esters is 1. The van der Waals surface area contributed by atoms with E-state index in [-0.39, 0.29) is 5.91 Å². The van der Waals surface area contributed by atoms with Crippen LogP contribution >= 0.6 is 0 Å². The minimum Gasteiger partial charge on any atom is -0.449 e. The predicted octanol–water partition coefficient (Wildman–Crippen LogP) is 3.09. The molecule has 5 nitrogen and oxygen atoms in total. The highest BCUT2D eigenvalue weighted by atomic mass is 16.5. The van der Waals surface area contributed by atoms with Gasteiger partial charge in [0.15, 0.2) is 6.10 Å². The number of hydrogen-bond acceptors (Lipinski definition) is 4. The number of fused-ring (bicyclic) bond motifs is 1. The molecule has 0 aliphatic carbocycles. The molecule has 1 atom stereocenters. The summed E-state index contributed by atoms with van der Waals surface area (Å²) in [5, 5.41) is 8.77. The largest absolute Gasteiger partial charge is 0.449 e. The maximum absolute atomic E-state index is 12.6. The molecule has 0 saturated heterocycles. The van der Waals surface area contributed by atoms with Gasteiger partial charge in [-0.05, 0) is 48.7 Å². The van der Waals surface area contributed by atoms with Crippen LogP contribution in [0.3, 0.4) is 0 Å². The van der Waals surface area contributed by atoms with E-state index in [0.29, 0.717) is 12.1 Å². The van der Waals surface area contributed by atoms with Crippen LogP contribution in [0.5, 0.6) is 0 Å². The van der Waals surface area contributed by atoms with E-state index in [4.69, 9.17) is 10.00 Å². The molecular formula is C21H18N2O3. The van der Waals surface area contributed by atoms with Crippen LogP contribution in [0.15, 0.2) is 54.6 Å². The van der Waals surface area contributed by atoms with Gasteiger partial charge in [0, 0.05) is 18.3 Å². The smallest absolute Gasteiger partial charge is 0.331 e. The quantitative estimate of drug-likeness (QED) is 0.630. The summed E-state index contributed by atoms with van der Waals surface area (Å²) in [6, 6.07) is 16.6. The minimum atomic E-state index is -0.862. The fourth-order valence-electron chi connectivity index (χ4n) is 2.88. The monoisotopic (exact) mass is 346 g/mol. The van der Waals surface area contributed by atoms with Crippen LogP contribution in [0.2, 0.25) is 0 Å². The third-order valence-electron chi connectivity index (χ3n) is 4.25. The van der Waals surface area contributed by atoms with Gasteiger partial charge >= 0.3 is 5.97 Å². The first-order chi connectivity index (χ1) is 12.6. The van der Waals surface area contributed by atoms with Crippen LogP contribution in [-0.4, -0.2) is 24.5 Å². The third kappa shape index (κ3) is 3.81. The molecule has 0 N–H and O–H groups in total. The Morgan fingerprint density at radius 2 is 1.92 bits per heavy atom. The van der Waals surface area contributed by atoms with Crippen molar-refractivity contribution in [3.05, 3.63) is 71.3 Å². The highest BCUT2D eigenvalue weighted by Crippen LogP contribution is 2.28. The lowest BCUT2D eigenvalue weighted by molar-refractivity contribution is -0.149. The van der Waals surface area contributed by atoms with Crippen molar-refractivity contribution in [1.29, 1.82) is 5.26 Å². The topological polar surface area (TPSA) is 70.4 Å². The van der Waals surface area contributed by atoms with E-state index in [1.54, 1.807) is 42.2 Å². The Morgan fingerprint density at radius 1 is 1.19 bits per heavy atom. The van der Waals surface area contributed by atoms with E-state index in [1.807, 2.05) is 30.3 Å². The van der Waals surface area contributed by atoms with E-state index in [9.17, 15) is 9.59 Å². The molecule has 0 aromatic heterocycles. The Kier molecular flexibility index (Phi) is 5.14. The number of benzene rings is 2. The molecule has 26 heavy (non-hydrogen) atoms. The van der Waals surface area contributed by atoms with Crippen molar-refractivity contribution in [2.45, 2.75) is 19.4 Å². The molecule has 2 aromatic rings. The fourth-order valence-corrected chi connectivity index (χ4v) is 2.88. The summed E-state index contributed by atoms with van der Waals surface area (Å²) < 4.78 is 5.24. The number of nitriles is 1. The molecule has 0 bridgehead atoms. The summed E-state index contributed by atoms with van der Waals surface area (Å²) in [6.07, 6.45) is 2.81. The second-order valence-corrected chi connectivity index (χ2v) is 6.01. The van der Waals surface area contributed by atoms with Crippen LogP contribution in [0.1, 0.15) is 23.6 Å². The van der Waals surface area contributed by atoms with Crippen molar-refractivity contribution in [1.82, 2.24) is 0 Å². The van der Waals surface area contributed by atoms with Gasteiger partial charge in [0.05, 0.1) is 11.6 Å². The van der Waals surface area contributed by atoms with Crippen molar-refractivity contribution in [2.24, 2.45) is 0 Å². The van der Waals surface area contributed by atoms with Crippen molar-refractivity contribution < 1.29 is 14.3 Å². The average molecular weight is 346 g/mol. The zero-order valence-corrected chi connectivity index (χ0v) is 14.4. The Balaban J connectivity index is 1.59. The van der Waals surface area contributed by atoms with Crippen LogP contribution in [-0.2, 0) is 20.7 Å². The summed E-state index contributed by atoms with van der Waals surface area (Å²) in [5.41, 5.74) is 3.33. The molecule has 130 valence electrons. The predicted molar refractivity (Wildman–Crippen MR) is 98.2 cm³/mol. The number of rotatable bonds is 4. The number of anilines is 1. The highest BCUT2D eigenvalue weighted by molar-refractivity contribution is 6.00. The normalized spacial score (nSPS) is 13.9. The minimum absolute atomic E-state index is 0.227. The van der Waals surface area contributed by atoms with E-state index in [0.717, 1.165) is 23.2 Å². The zero-order valence-electron chi connectivity index (χ0n) is 14.4. The highest BCUT2D eigenvalue weighted by Gasteiger charge is 2.29. The van der Waals surface area contributed by atoms with Crippen molar-refractivity contribution in [3.63, 3.8) is 0 Å². The molecule has 0 spiro atoms. The maximum atomic E-state index is 12.6. The molecule has 0 saturated carbocycles. The maximum Gasteiger partial charge on any atom is 0.331 e. The van der Waals surface area contributed by atoms with Crippen LogP contribution < -0.4 is 4.90 Å². The summed E-state index contributed by atoms with van der Waals surface area (Å²) in [7, 11) is 0. The molecule has 1 aliphatic heterocycles. The number of carbonyl (C=O) groups is 2. The number of nitrogens with zero attached hydrogens (tertiary/aromatic N) is 2. The van der Waals surface area contributed by atoms with Gasteiger partial charge in [-0.25, -0.2) is 4.79 Å². The molecule has 0 fully saturated rings. The first-order valence-corrected chi connectivity index (χ1v) is 8.36. The summed E-state index contributed by atoms with van der Waals surface area (Å²) in [5.74, 6) is -0.808. The molecular weight excluding hydrogens is 328 g/mol. The Hall–Kier alpha value is -3.39. The lowest BCUT2D eigenvalue weighted by atomic mass is 10.1. The molecule has 2 aromatic carbocycles. The number of amides is 1. The first kappa shape index (κ1) is 17.4. The van der Waals surface area contributed by atoms with E-state index < -0.39 is 12.1 Å². The molecule has 1 amide bonds. The van der Waals surface area contributed by atoms with Gasteiger partial charge in [-0.1, -0.05) is 30.3 Å². The van der Waals surface area contributed by atoms with E-state index in [1.165, 1.54) is 6.08 Å². The second-order valence-electron chi connectivity index (χ2n) is 6.01. The van der Waals surface area contributed by atoms with Crippen LogP contribution in [0, 0.1) is 11.3 Å². The number of ether oxygens (including phenoxy) is 1. The molecule has 1 heterocycles. The lowest BCUT2D eigenvalue weighted by Crippen LogP contribution is -2.38. The first-order valence-electron chi connectivity index (χ1n) is 8.36. The molecule has 5 heteroatoms. The standard InChI is InChI=1S/C21H18N2O3/c1-15(21(25)23-13-12-18-4-2-3-5-19(18)23)26-20(24)11-10-16-6-8-17(14-22)9-7-16/h2-11,15H,12-13H2,1H3/b11-10+/t15-/m1/s1. The molecule has 0 unspecified atom stereocenters. The summed E-state index contributed by atoms with van der Waals surface area (Å²) in [6.45, 7) is 2.18. The Bertz CT molecular complexity index is 894. The number of carbonyl (C=O) groups excluding carboxylic acids is 2. The number of para-hydroxylation sites is 1. The van der Waals surface area contributed by atoms with Crippen LogP contribution in [0.25, 0.3) is 6.08 Å².